The number of amides is 1. The van der Waals surface area contributed by atoms with Crippen LogP contribution in [0.15, 0.2) is 95.9 Å². The van der Waals surface area contributed by atoms with Crippen LogP contribution in [0.2, 0.25) is 5.02 Å². The molecule has 8 nitrogen and oxygen atoms in total. The van der Waals surface area contributed by atoms with Gasteiger partial charge in [0.1, 0.15) is 13.2 Å². The molecule has 2 atom stereocenters. The van der Waals surface area contributed by atoms with E-state index in [9.17, 15) is 13.2 Å². The molecule has 4 aromatic carbocycles. The zero-order valence-corrected chi connectivity index (χ0v) is 24.8. The first-order valence-corrected chi connectivity index (χ1v) is 15.8. The average Bonchev–Trinajstić information content (AvgIpc) is 3.42. The number of anilines is 1. The van der Waals surface area contributed by atoms with Crippen LogP contribution in [0.5, 0.6) is 11.5 Å². The predicted octanol–water partition coefficient (Wildman–Crippen LogP) is 6.74. The summed E-state index contributed by atoms with van der Waals surface area (Å²) in [5.41, 5.74) is 4.90. The number of fused-ring (bicyclic) bond motifs is 4. The predicted molar refractivity (Wildman–Crippen MR) is 166 cm³/mol. The maximum atomic E-state index is 14.0. The van der Waals surface area contributed by atoms with Gasteiger partial charge >= 0.3 is 0 Å². The third-order valence-electron chi connectivity index (χ3n) is 8.14. The van der Waals surface area contributed by atoms with Crippen LogP contribution >= 0.6 is 11.6 Å². The van der Waals surface area contributed by atoms with Crippen molar-refractivity contribution in [1.29, 1.82) is 0 Å². The van der Waals surface area contributed by atoms with E-state index in [0.29, 0.717) is 47.5 Å². The Morgan fingerprint density at radius 3 is 2.44 bits per heavy atom. The molecule has 2 N–H and O–H groups in total. The molecular formula is C33H28ClN3O5S. The Kier molecular flexibility index (Phi) is 6.79. The van der Waals surface area contributed by atoms with Crippen molar-refractivity contribution in [3.8, 4) is 11.5 Å². The molecule has 5 aromatic rings. The first-order valence-electron chi connectivity index (χ1n) is 14.0. The molecular weight excluding hydrogens is 586 g/mol. The number of nitrogens with zero attached hydrogens (tertiary/aromatic N) is 1. The van der Waals surface area contributed by atoms with E-state index in [4.69, 9.17) is 21.1 Å². The molecule has 3 heterocycles. The smallest absolute Gasteiger partial charge is 0.262 e. The van der Waals surface area contributed by atoms with Crippen molar-refractivity contribution in [2.45, 2.75) is 23.8 Å². The summed E-state index contributed by atoms with van der Waals surface area (Å²) in [5.74, 6) is 0.613. The highest BCUT2D eigenvalue weighted by Gasteiger charge is 2.38. The SMILES string of the molecule is CC1c2[nH]c3ccccc3c2C(c2ccccc2Cl)CN1C(=O)c1ccc(NS(=O)(=O)c2ccc3c(c2)OCCO3)cc1. The quantitative estimate of drug-likeness (QED) is 0.229. The lowest BCUT2D eigenvalue weighted by molar-refractivity contribution is 0.0662. The molecule has 0 bridgehead atoms. The number of hydrogen-bond acceptors (Lipinski definition) is 5. The molecule has 10 heteroatoms. The number of hydrogen-bond donors (Lipinski definition) is 2. The lowest BCUT2D eigenvalue weighted by atomic mass is 9.83. The molecule has 43 heavy (non-hydrogen) atoms. The van der Waals surface area contributed by atoms with E-state index >= 15 is 0 Å². The normalized spacial score (nSPS) is 17.9. The van der Waals surface area contributed by atoms with Crippen molar-refractivity contribution in [3.63, 3.8) is 0 Å². The minimum atomic E-state index is -3.89. The van der Waals surface area contributed by atoms with Crippen molar-refractivity contribution in [2.75, 3.05) is 24.5 Å². The molecule has 218 valence electrons. The number of carbonyl (C=O) groups is 1. The molecule has 1 aromatic heterocycles. The number of halogens is 1. The zero-order valence-electron chi connectivity index (χ0n) is 23.2. The maximum Gasteiger partial charge on any atom is 0.262 e. The van der Waals surface area contributed by atoms with Crippen LogP contribution < -0.4 is 14.2 Å². The van der Waals surface area contributed by atoms with Crippen molar-refractivity contribution >= 4 is 44.1 Å². The molecule has 0 saturated carbocycles. The minimum absolute atomic E-state index is 0.0544. The average molecular weight is 614 g/mol. The van der Waals surface area contributed by atoms with E-state index in [1.54, 1.807) is 30.3 Å². The Morgan fingerprint density at radius 2 is 1.65 bits per heavy atom. The van der Waals surface area contributed by atoms with E-state index in [1.165, 1.54) is 12.1 Å². The number of benzene rings is 4. The molecule has 7 rings (SSSR count). The molecule has 0 saturated heterocycles. The fraction of sp³-hybridized carbons (Fsp3) is 0.182. The monoisotopic (exact) mass is 613 g/mol. The van der Waals surface area contributed by atoms with E-state index in [0.717, 1.165) is 27.7 Å². The minimum Gasteiger partial charge on any atom is -0.486 e. The first kappa shape index (κ1) is 27.4. The van der Waals surface area contributed by atoms with Crippen LogP contribution in [0.4, 0.5) is 5.69 Å². The third-order valence-corrected chi connectivity index (χ3v) is 9.86. The standard InChI is InChI=1S/C33H28ClN3O5S/c1-20-32-31(25-7-3-5-9-28(25)35-32)26(24-6-2-4-8-27(24)34)19-37(20)33(38)21-10-12-22(13-11-21)36-43(39,40)23-14-15-29-30(18-23)42-17-16-41-29/h2-15,18,20,26,35-36H,16-17,19H2,1H3. The van der Waals surface area contributed by atoms with Crippen molar-refractivity contribution in [3.05, 3.63) is 118 Å². The summed E-state index contributed by atoms with van der Waals surface area (Å²) in [7, 11) is -3.89. The van der Waals surface area contributed by atoms with Gasteiger partial charge < -0.3 is 19.4 Å². The number of carbonyl (C=O) groups excluding carboxylic acids is 1. The molecule has 2 aliphatic heterocycles. The summed E-state index contributed by atoms with van der Waals surface area (Å²) < 4.78 is 39.8. The highest BCUT2D eigenvalue weighted by Crippen LogP contribution is 2.45. The highest BCUT2D eigenvalue weighted by molar-refractivity contribution is 7.92. The van der Waals surface area contributed by atoms with Gasteiger partial charge in [-0.2, -0.15) is 0 Å². The number of ether oxygens (including phenoxy) is 2. The van der Waals surface area contributed by atoms with Gasteiger partial charge in [-0.3, -0.25) is 9.52 Å². The van der Waals surface area contributed by atoms with Crippen LogP contribution in [-0.4, -0.2) is 44.0 Å². The number of aromatic amines is 1. The van der Waals surface area contributed by atoms with Gasteiger partial charge in [-0.1, -0.05) is 48.0 Å². The highest BCUT2D eigenvalue weighted by atomic mass is 35.5. The summed E-state index contributed by atoms with van der Waals surface area (Å²) in [4.78, 5) is 19.4. The van der Waals surface area contributed by atoms with Crippen molar-refractivity contribution < 1.29 is 22.7 Å². The molecule has 2 aliphatic rings. The summed E-state index contributed by atoms with van der Waals surface area (Å²) in [5, 5.41) is 1.77. The largest absolute Gasteiger partial charge is 0.486 e. The number of H-pyrrole nitrogens is 1. The summed E-state index contributed by atoms with van der Waals surface area (Å²) in [6, 6.07) is 26.7. The van der Waals surface area contributed by atoms with Gasteiger partial charge in [0, 0.05) is 51.4 Å². The van der Waals surface area contributed by atoms with Gasteiger partial charge in [-0.05, 0) is 66.6 Å². The van der Waals surface area contributed by atoms with E-state index in [1.807, 2.05) is 54.3 Å². The Morgan fingerprint density at radius 1 is 0.930 bits per heavy atom. The lowest BCUT2D eigenvalue weighted by Crippen LogP contribution is -2.41. The number of nitrogens with one attached hydrogen (secondary N) is 2. The zero-order chi connectivity index (χ0) is 29.7. The summed E-state index contributed by atoms with van der Waals surface area (Å²) in [6.45, 7) is 3.24. The lowest BCUT2D eigenvalue weighted by Gasteiger charge is -2.38. The molecule has 0 radical (unpaired) electrons. The summed E-state index contributed by atoms with van der Waals surface area (Å²) in [6.07, 6.45) is 0. The second-order valence-electron chi connectivity index (χ2n) is 10.7. The van der Waals surface area contributed by atoms with E-state index in [-0.39, 0.29) is 22.8 Å². The third kappa shape index (κ3) is 4.88. The maximum absolute atomic E-state index is 14.0. The van der Waals surface area contributed by atoms with Crippen LogP contribution in [0.3, 0.4) is 0 Å². The Labute approximate surface area is 254 Å². The van der Waals surface area contributed by atoms with Crippen LogP contribution in [0, 0.1) is 0 Å². The number of rotatable bonds is 5. The second kappa shape index (κ2) is 10.7. The van der Waals surface area contributed by atoms with Crippen LogP contribution in [0.25, 0.3) is 10.9 Å². The van der Waals surface area contributed by atoms with Crippen LogP contribution in [0.1, 0.15) is 46.1 Å². The van der Waals surface area contributed by atoms with Gasteiger partial charge in [0.15, 0.2) is 11.5 Å². The number of aromatic nitrogens is 1. The first-order chi connectivity index (χ1) is 20.8. The molecule has 1 amide bonds. The Bertz CT molecular complexity index is 1970. The van der Waals surface area contributed by atoms with Gasteiger partial charge in [0.25, 0.3) is 15.9 Å². The van der Waals surface area contributed by atoms with Gasteiger partial charge in [-0.25, -0.2) is 8.42 Å². The van der Waals surface area contributed by atoms with Crippen molar-refractivity contribution in [2.24, 2.45) is 0 Å². The van der Waals surface area contributed by atoms with Gasteiger partial charge in [-0.15, -0.1) is 0 Å². The van der Waals surface area contributed by atoms with Crippen LogP contribution in [-0.2, 0) is 10.0 Å². The number of para-hydroxylation sites is 1. The van der Waals surface area contributed by atoms with Gasteiger partial charge in [0.05, 0.1) is 10.9 Å². The summed E-state index contributed by atoms with van der Waals surface area (Å²) >= 11 is 6.69. The van der Waals surface area contributed by atoms with E-state index < -0.39 is 10.0 Å². The molecule has 2 unspecified atom stereocenters. The topological polar surface area (TPSA) is 101 Å². The molecule has 0 aliphatic carbocycles. The van der Waals surface area contributed by atoms with Gasteiger partial charge in [0.2, 0.25) is 0 Å². The number of sulfonamides is 1. The van der Waals surface area contributed by atoms with E-state index in [2.05, 4.69) is 15.8 Å². The fourth-order valence-electron chi connectivity index (χ4n) is 6.01. The Balaban J connectivity index is 1.17. The molecule has 0 spiro atoms. The Hall–Kier alpha value is -4.47. The molecule has 0 fully saturated rings. The van der Waals surface area contributed by atoms with Crippen molar-refractivity contribution in [1.82, 2.24) is 9.88 Å². The second-order valence-corrected chi connectivity index (χ2v) is 12.8. The fourth-order valence-corrected chi connectivity index (χ4v) is 7.35.